The Kier molecular flexibility index (Phi) is 9.29. The summed E-state index contributed by atoms with van der Waals surface area (Å²) < 4.78 is 30.0. The molecule has 1 amide bonds. The molecule has 0 atom stereocenters. The predicted octanol–water partition coefficient (Wildman–Crippen LogP) is 2.26. The summed E-state index contributed by atoms with van der Waals surface area (Å²) in [6.07, 6.45) is 0. The first-order chi connectivity index (χ1) is 12.0. The molecule has 0 unspecified atom stereocenters. The number of carbonyl (C=O) groups is 1. The average Bonchev–Trinajstić information content (AvgIpc) is 2.61. The fourth-order valence-corrected chi connectivity index (χ4v) is 3.65. The number of halogens is 1. The number of anilines is 1. The molecule has 0 saturated heterocycles. The van der Waals surface area contributed by atoms with E-state index in [4.69, 9.17) is 4.74 Å². The van der Waals surface area contributed by atoms with Crippen molar-refractivity contribution in [2.75, 3.05) is 32.1 Å². The molecule has 0 aromatic heterocycles. The lowest BCUT2D eigenvalue weighted by Crippen LogP contribution is -2.30. The Morgan fingerprint density at radius 1 is 1.04 bits per heavy atom. The van der Waals surface area contributed by atoms with Crippen molar-refractivity contribution in [3.63, 3.8) is 0 Å². The first-order valence-corrected chi connectivity index (χ1v) is 9.53. The number of amides is 1. The van der Waals surface area contributed by atoms with Crippen LogP contribution in [0.25, 0.3) is 0 Å². The second-order valence-electron chi connectivity index (χ2n) is 5.45. The molecular formula is C18H23ClN2O4S. The van der Waals surface area contributed by atoms with Crippen LogP contribution in [-0.4, -0.2) is 41.1 Å². The highest BCUT2D eigenvalue weighted by molar-refractivity contribution is 7.90. The molecule has 2 rings (SSSR count). The van der Waals surface area contributed by atoms with Crippen LogP contribution in [0.5, 0.6) is 0 Å². The van der Waals surface area contributed by atoms with Crippen LogP contribution < -0.4 is 10.6 Å². The second-order valence-corrected chi connectivity index (χ2v) is 7.44. The minimum Gasteiger partial charge on any atom is -0.383 e. The number of methoxy groups -OCH3 is 1. The van der Waals surface area contributed by atoms with Gasteiger partial charge in [0.15, 0.2) is 9.84 Å². The summed E-state index contributed by atoms with van der Waals surface area (Å²) in [5.41, 5.74) is 1.05. The van der Waals surface area contributed by atoms with E-state index < -0.39 is 9.84 Å². The largest absolute Gasteiger partial charge is 0.383 e. The number of rotatable bonds is 9. The third-order valence-electron chi connectivity index (χ3n) is 3.51. The van der Waals surface area contributed by atoms with E-state index in [1.54, 1.807) is 61.7 Å². The maximum absolute atomic E-state index is 12.5. The van der Waals surface area contributed by atoms with Gasteiger partial charge in [-0.1, -0.05) is 36.4 Å². The standard InChI is InChI=1S/C18H22N2O4S.ClH/c1-24-12-11-19-13-18(21)20-17-10-6-5-7-15(17)14-25(22,23)16-8-3-2-4-9-16;/h2-10,19H,11-14H2,1H3,(H,20,21);1H. The summed E-state index contributed by atoms with van der Waals surface area (Å²) >= 11 is 0. The zero-order valence-corrected chi connectivity index (χ0v) is 16.1. The minimum atomic E-state index is -3.48. The topological polar surface area (TPSA) is 84.5 Å². The van der Waals surface area contributed by atoms with Crippen molar-refractivity contribution in [2.24, 2.45) is 0 Å². The van der Waals surface area contributed by atoms with E-state index in [1.807, 2.05) is 0 Å². The van der Waals surface area contributed by atoms with Gasteiger partial charge in [0.05, 0.1) is 23.8 Å². The Bertz CT molecular complexity index is 798. The quantitative estimate of drug-likeness (QED) is 0.633. The number of hydrogen-bond donors (Lipinski definition) is 2. The number of hydrogen-bond acceptors (Lipinski definition) is 5. The summed E-state index contributed by atoms with van der Waals surface area (Å²) in [5, 5.41) is 5.70. The molecule has 0 fully saturated rings. The van der Waals surface area contributed by atoms with Gasteiger partial charge in [0.25, 0.3) is 0 Å². The van der Waals surface area contributed by atoms with Gasteiger partial charge in [0.2, 0.25) is 5.91 Å². The van der Waals surface area contributed by atoms with Gasteiger partial charge < -0.3 is 15.4 Å². The van der Waals surface area contributed by atoms with E-state index >= 15 is 0 Å². The van der Waals surface area contributed by atoms with Crippen LogP contribution in [0.1, 0.15) is 5.56 Å². The lowest BCUT2D eigenvalue weighted by atomic mass is 10.2. The van der Waals surface area contributed by atoms with Gasteiger partial charge in [0, 0.05) is 19.3 Å². The minimum absolute atomic E-state index is 0. The van der Waals surface area contributed by atoms with E-state index in [0.29, 0.717) is 24.4 Å². The molecule has 0 aliphatic heterocycles. The first kappa shape index (κ1) is 22.1. The van der Waals surface area contributed by atoms with Crippen molar-refractivity contribution in [2.45, 2.75) is 10.6 Å². The van der Waals surface area contributed by atoms with Gasteiger partial charge >= 0.3 is 0 Å². The summed E-state index contributed by atoms with van der Waals surface area (Å²) in [4.78, 5) is 12.3. The molecule has 2 aromatic rings. The highest BCUT2D eigenvalue weighted by Crippen LogP contribution is 2.22. The number of benzene rings is 2. The zero-order valence-electron chi connectivity index (χ0n) is 14.5. The molecule has 0 aliphatic rings. The number of sulfone groups is 1. The summed E-state index contributed by atoms with van der Waals surface area (Å²) in [6.45, 7) is 1.20. The van der Waals surface area contributed by atoms with Gasteiger partial charge in [-0.05, 0) is 23.8 Å². The monoisotopic (exact) mass is 398 g/mol. The van der Waals surface area contributed by atoms with E-state index in [9.17, 15) is 13.2 Å². The van der Waals surface area contributed by atoms with Crippen LogP contribution >= 0.6 is 12.4 Å². The smallest absolute Gasteiger partial charge is 0.238 e. The van der Waals surface area contributed by atoms with Gasteiger partial charge in [-0.15, -0.1) is 12.4 Å². The summed E-state index contributed by atoms with van der Waals surface area (Å²) in [7, 11) is -1.89. The van der Waals surface area contributed by atoms with Crippen LogP contribution in [0.3, 0.4) is 0 Å². The number of ether oxygens (including phenoxy) is 1. The highest BCUT2D eigenvalue weighted by atomic mass is 35.5. The Morgan fingerprint density at radius 2 is 1.69 bits per heavy atom. The van der Waals surface area contributed by atoms with Crippen molar-refractivity contribution >= 4 is 33.8 Å². The van der Waals surface area contributed by atoms with Gasteiger partial charge in [-0.3, -0.25) is 4.79 Å². The number of nitrogens with one attached hydrogen (secondary N) is 2. The summed E-state index contributed by atoms with van der Waals surface area (Å²) in [5.74, 6) is -0.412. The Morgan fingerprint density at radius 3 is 2.38 bits per heavy atom. The van der Waals surface area contributed by atoms with E-state index in [1.165, 1.54) is 0 Å². The predicted molar refractivity (Wildman–Crippen MR) is 104 cm³/mol. The molecular weight excluding hydrogens is 376 g/mol. The SMILES string of the molecule is COCCNCC(=O)Nc1ccccc1CS(=O)(=O)c1ccccc1.Cl. The van der Waals surface area contributed by atoms with Crippen molar-refractivity contribution in [1.82, 2.24) is 5.32 Å². The third kappa shape index (κ3) is 6.76. The lowest BCUT2D eigenvalue weighted by Gasteiger charge is -2.12. The molecule has 0 radical (unpaired) electrons. The first-order valence-electron chi connectivity index (χ1n) is 7.88. The molecule has 142 valence electrons. The fraction of sp³-hybridized carbons (Fsp3) is 0.278. The fourth-order valence-electron chi connectivity index (χ4n) is 2.25. The van der Waals surface area contributed by atoms with E-state index in [2.05, 4.69) is 10.6 Å². The van der Waals surface area contributed by atoms with Crippen molar-refractivity contribution in [3.05, 3.63) is 60.2 Å². The van der Waals surface area contributed by atoms with Gasteiger partial charge in [-0.2, -0.15) is 0 Å². The Labute approximate surface area is 160 Å². The zero-order chi connectivity index (χ0) is 18.1. The number of para-hydroxylation sites is 1. The van der Waals surface area contributed by atoms with Gasteiger partial charge in [0.1, 0.15) is 0 Å². The van der Waals surface area contributed by atoms with Crippen molar-refractivity contribution < 1.29 is 17.9 Å². The molecule has 6 nitrogen and oxygen atoms in total. The molecule has 0 heterocycles. The Hall–Kier alpha value is -1.93. The van der Waals surface area contributed by atoms with Crippen LogP contribution in [-0.2, 0) is 25.1 Å². The second kappa shape index (κ2) is 10.9. The molecule has 0 aliphatic carbocycles. The van der Waals surface area contributed by atoms with Crippen LogP contribution in [0.4, 0.5) is 5.69 Å². The molecule has 0 spiro atoms. The van der Waals surface area contributed by atoms with Crippen LogP contribution in [0, 0.1) is 0 Å². The van der Waals surface area contributed by atoms with Gasteiger partial charge in [-0.25, -0.2) is 8.42 Å². The third-order valence-corrected chi connectivity index (χ3v) is 5.19. The molecule has 26 heavy (non-hydrogen) atoms. The highest BCUT2D eigenvalue weighted by Gasteiger charge is 2.17. The Balaban J connectivity index is 0.00000338. The maximum Gasteiger partial charge on any atom is 0.238 e. The lowest BCUT2D eigenvalue weighted by molar-refractivity contribution is -0.115. The van der Waals surface area contributed by atoms with E-state index in [-0.39, 0.29) is 35.5 Å². The van der Waals surface area contributed by atoms with Crippen molar-refractivity contribution in [3.8, 4) is 0 Å². The maximum atomic E-state index is 12.5. The van der Waals surface area contributed by atoms with Crippen molar-refractivity contribution in [1.29, 1.82) is 0 Å². The number of carbonyl (C=O) groups excluding carboxylic acids is 1. The van der Waals surface area contributed by atoms with Crippen LogP contribution in [0.15, 0.2) is 59.5 Å². The van der Waals surface area contributed by atoms with E-state index in [0.717, 1.165) is 0 Å². The average molecular weight is 399 g/mol. The summed E-state index contributed by atoms with van der Waals surface area (Å²) in [6, 6.07) is 15.2. The molecule has 8 heteroatoms. The molecule has 0 bridgehead atoms. The van der Waals surface area contributed by atoms with Crippen LogP contribution in [0.2, 0.25) is 0 Å². The molecule has 0 saturated carbocycles. The normalized spacial score (nSPS) is 10.8. The molecule has 2 aromatic carbocycles. The molecule has 2 N–H and O–H groups in total.